The number of para-hydroxylation sites is 2. The number of fused-ring (bicyclic) bond motifs is 1. The SMILES string of the molecule is O=C(O)C(=O)O.OCC1COc2ccccc2N1. The van der Waals surface area contributed by atoms with Crippen molar-refractivity contribution in [3.05, 3.63) is 24.3 Å². The molecule has 0 spiro atoms. The molecule has 1 aromatic carbocycles. The molecule has 2 rings (SSSR count). The largest absolute Gasteiger partial charge is 0.489 e. The van der Waals surface area contributed by atoms with E-state index in [0.29, 0.717) is 6.61 Å². The molecule has 0 aromatic heterocycles. The molecule has 1 heterocycles. The molecule has 0 fully saturated rings. The van der Waals surface area contributed by atoms with Crippen LogP contribution < -0.4 is 10.1 Å². The summed E-state index contributed by atoms with van der Waals surface area (Å²) in [6.07, 6.45) is 0. The molecule has 0 saturated carbocycles. The van der Waals surface area contributed by atoms with E-state index >= 15 is 0 Å². The number of anilines is 1. The molecule has 0 saturated heterocycles. The average Bonchev–Trinajstić information content (AvgIpc) is 2.38. The summed E-state index contributed by atoms with van der Waals surface area (Å²) in [5, 5.41) is 26.8. The van der Waals surface area contributed by atoms with Gasteiger partial charge >= 0.3 is 11.9 Å². The van der Waals surface area contributed by atoms with Gasteiger partial charge in [-0.15, -0.1) is 0 Å². The molecule has 4 N–H and O–H groups in total. The fraction of sp³-hybridized carbons (Fsp3) is 0.273. The predicted octanol–water partition coefficient (Wildman–Crippen LogP) is 0.00740. The lowest BCUT2D eigenvalue weighted by molar-refractivity contribution is -0.159. The Kier molecular flexibility index (Phi) is 4.94. The number of carboxylic acids is 2. The van der Waals surface area contributed by atoms with Crippen LogP contribution in [0.2, 0.25) is 0 Å². The second-order valence-corrected chi connectivity index (χ2v) is 3.44. The number of rotatable bonds is 1. The van der Waals surface area contributed by atoms with E-state index in [1.54, 1.807) is 0 Å². The molecule has 18 heavy (non-hydrogen) atoms. The minimum Gasteiger partial charge on any atom is -0.489 e. The summed E-state index contributed by atoms with van der Waals surface area (Å²) in [6, 6.07) is 7.75. The number of hydrogen-bond donors (Lipinski definition) is 4. The molecule has 98 valence electrons. The highest BCUT2D eigenvalue weighted by Gasteiger charge is 2.16. The van der Waals surface area contributed by atoms with E-state index in [-0.39, 0.29) is 12.6 Å². The summed E-state index contributed by atoms with van der Waals surface area (Å²) in [5.74, 6) is -2.78. The fourth-order valence-corrected chi connectivity index (χ4v) is 1.26. The van der Waals surface area contributed by atoms with E-state index in [0.717, 1.165) is 11.4 Å². The van der Waals surface area contributed by atoms with Crippen molar-refractivity contribution < 1.29 is 29.6 Å². The second kappa shape index (κ2) is 6.45. The van der Waals surface area contributed by atoms with Crippen LogP contribution in [0, 0.1) is 0 Å². The van der Waals surface area contributed by atoms with Crippen molar-refractivity contribution in [2.45, 2.75) is 6.04 Å². The zero-order chi connectivity index (χ0) is 13.5. The number of ether oxygens (including phenoxy) is 1. The third-order valence-corrected chi connectivity index (χ3v) is 2.09. The Labute approximate surface area is 103 Å². The van der Waals surface area contributed by atoms with Crippen LogP contribution in [0.25, 0.3) is 0 Å². The van der Waals surface area contributed by atoms with Gasteiger partial charge in [0.25, 0.3) is 0 Å². The lowest BCUT2D eigenvalue weighted by Gasteiger charge is -2.25. The number of aliphatic hydroxyl groups excluding tert-OH is 1. The molecule has 0 radical (unpaired) electrons. The number of carboxylic acid groups (broad SMARTS) is 2. The van der Waals surface area contributed by atoms with Gasteiger partial charge in [0.05, 0.1) is 18.3 Å². The number of carbonyl (C=O) groups is 2. The van der Waals surface area contributed by atoms with Crippen molar-refractivity contribution in [2.75, 3.05) is 18.5 Å². The normalized spacial score (nSPS) is 16.2. The van der Waals surface area contributed by atoms with Crippen LogP contribution in [-0.4, -0.2) is 46.5 Å². The van der Waals surface area contributed by atoms with Crippen LogP contribution >= 0.6 is 0 Å². The van der Waals surface area contributed by atoms with Gasteiger partial charge in [0.2, 0.25) is 0 Å². The molecule has 0 amide bonds. The summed E-state index contributed by atoms with van der Waals surface area (Å²) >= 11 is 0. The molecule has 0 aliphatic carbocycles. The summed E-state index contributed by atoms with van der Waals surface area (Å²) in [4.78, 5) is 18.2. The third kappa shape index (κ3) is 3.95. The van der Waals surface area contributed by atoms with Crippen molar-refractivity contribution in [1.82, 2.24) is 0 Å². The van der Waals surface area contributed by atoms with E-state index in [4.69, 9.17) is 29.6 Å². The van der Waals surface area contributed by atoms with Crippen molar-refractivity contribution in [3.8, 4) is 5.75 Å². The fourth-order valence-electron chi connectivity index (χ4n) is 1.26. The molecule has 0 bridgehead atoms. The zero-order valence-electron chi connectivity index (χ0n) is 9.37. The van der Waals surface area contributed by atoms with E-state index in [2.05, 4.69) is 5.32 Å². The van der Waals surface area contributed by atoms with Crippen molar-refractivity contribution in [2.24, 2.45) is 0 Å². The van der Waals surface area contributed by atoms with Crippen LogP contribution in [0.15, 0.2) is 24.3 Å². The highest BCUT2D eigenvalue weighted by atomic mass is 16.5. The highest BCUT2D eigenvalue weighted by Crippen LogP contribution is 2.27. The minimum atomic E-state index is -1.82. The number of aliphatic carboxylic acids is 2. The van der Waals surface area contributed by atoms with Gasteiger partial charge in [0, 0.05) is 0 Å². The molecule has 1 aromatic rings. The number of aliphatic hydroxyl groups is 1. The van der Waals surface area contributed by atoms with E-state index in [1.165, 1.54) is 0 Å². The van der Waals surface area contributed by atoms with Gasteiger partial charge in [-0.1, -0.05) is 12.1 Å². The van der Waals surface area contributed by atoms with Crippen LogP contribution in [0.3, 0.4) is 0 Å². The minimum absolute atomic E-state index is 0.0277. The first-order chi connectivity index (χ1) is 8.54. The third-order valence-electron chi connectivity index (χ3n) is 2.09. The van der Waals surface area contributed by atoms with Gasteiger partial charge < -0.3 is 25.4 Å². The summed E-state index contributed by atoms with van der Waals surface area (Å²) in [7, 11) is 0. The first kappa shape index (κ1) is 13.8. The van der Waals surface area contributed by atoms with Crippen LogP contribution in [0.5, 0.6) is 5.75 Å². The first-order valence-corrected chi connectivity index (χ1v) is 5.10. The Hall–Kier alpha value is -2.28. The van der Waals surface area contributed by atoms with E-state index in [1.807, 2.05) is 24.3 Å². The maximum Gasteiger partial charge on any atom is 0.414 e. The Morgan fingerprint density at radius 2 is 1.89 bits per heavy atom. The van der Waals surface area contributed by atoms with E-state index in [9.17, 15) is 0 Å². The lowest BCUT2D eigenvalue weighted by Crippen LogP contribution is -2.34. The Bertz CT molecular complexity index is 421. The molecular formula is C11H13NO6. The quantitative estimate of drug-likeness (QED) is 0.522. The summed E-state index contributed by atoms with van der Waals surface area (Å²) < 4.78 is 5.40. The van der Waals surface area contributed by atoms with Crippen molar-refractivity contribution >= 4 is 17.6 Å². The standard InChI is InChI=1S/C9H11NO2.C2H2O4/c11-5-7-6-12-9-4-2-1-3-8(9)10-7;3-1(4)2(5)6/h1-4,7,10-11H,5-6H2;(H,3,4)(H,5,6). The molecule has 1 aliphatic rings. The van der Waals surface area contributed by atoms with Gasteiger partial charge in [0.15, 0.2) is 0 Å². The molecule has 1 unspecified atom stereocenters. The molecular weight excluding hydrogens is 242 g/mol. The Balaban J connectivity index is 0.000000232. The van der Waals surface area contributed by atoms with Gasteiger partial charge in [-0.2, -0.15) is 0 Å². The van der Waals surface area contributed by atoms with Crippen LogP contribution in [0.4, 0.5) is 5.69 Å². The monoisotopic (exact) mass is 255 g/mol. The smallest absolute Gasteiger partial charge is 0.414 e. The van der Waals surface area contributed by atoms with E-state index < -0.39 is 11.9 Å². The molecule has 7 nitrogen and oxygen atoms in total. The number of hydrogen-bond acceptors (Lipinski definition) is 5. The number of benzene rings is 1. The maximum atomic E-state index is 9.10. The molecule has 7 heteroatoms. The topological polar surface area (TPSA) is 116 Å². The van der Waals surface area contributed by atoms with Crippen LogP contribution in [0.1, 0.15) is 0 Å². The van der Waals surface area contributed by atoms with Crippen molar-refractivity contribution in [1.29, 1.82) is 0 Å². The highest BCUT2D eigenvalue weighted by molar-refractivity contribution is 6.27. The average molecular weight is 255 g/mol. The second-order valence-electron chi connectivity index (χ2n) is 3.44. The molecule has 1 aliphatic heterocycles. The van der Waals surface area contributed by atoms with Gasteiger partial charge in [-0.3, -0.25) is 0 Å². The van der Waals surface area contributed by atoms with Crippen molar-refractivity contribution in [3.63, 3.8) is 0 Å². The lowest BCUT2D eigenvalue weighted by atomic mass is 10.2. The van der Waals surface area contributed by atoms with Gasteiger partial charge in [0.1, 0.15) is 12.4 Å². The predicted molar refractivity (Wildman–Crippen MR) is 61.7 cm³/mol. The Morgan fingerprint density at radius 3 is 2.44 bits per heavy atom. The number of nitrogens with one attached hydrogen (secondary N) is 1. The van der Waals surface area contributed by atoms with Gasteiger partial charge in [-0.25, -0.2) is 9.59 Å². The first-order valence-electron chi connectivity index (χ1n) is 5.10. The molecule has 1 atom stereocenters. The maximum absolute atomic E-state index is 9.10. The zero-order valence-corrected chi connectivity index (χ0v) is 9.37. The summed E-state index contributed by atoms with van der Waals surface area (Å²) in [6.45, 7) is 0.641. The summed E-state index contributed by atoms with van der Waals surface area (Å²) in [5.41, 5.74) is 0.961. The Morgan fingerprint density at radius 1 is 1.28 bits per heavy atom. The van der Waals surface area contributed by atoms with Gasteiger partial charge in [-0.05, 0) is 12.1 Å². The van der Waals surface area contributed by atoms with Crippen LogP contribution in [-0.2, 0) is 9.59 Å².